The summed E-state index contributed by atoms with van der Waals surface area (Å²) in [4.78, 5) is 23.6. The maximum atomic E-state index is 12.2. The molecule has 0 fully saturated rings. The lowest BCUT2D eigenvalue weighted by molar-refractivity contribution is 0.0600. The predicted octanol–water partition coefficient (Wildman–Crippen LogP) is 2.01. The highest BCUT2D eigenvalue weighted by Gasteiger charge is 2.16. The van der Waals surface area contributed by atoms with Gasteiger partial charge in [-0.15, -0.1) is 0 Å². The maximum absolute atomic E-state index is 12.2. The summed E-state index contributed by atoms with van der Waals surface area (Å²) in [7, 11) is 3.18. The van der Waals surface area contributed by atoms with Gasteiger partial charge in [0, 0.05) is 23.9 Å². The minimum absolute atomic E-state index is 0.151. The van der Waals surface area contributed by atoms with Crippen molar-refractivity contribution in [3.05, 3.63) is 52.8 Å². The summed E-state index contributed by atoms with van der Waals surface area (Å²) in [6.45, 7) is 3.86. The predicted molar refractivity (Wildman–Crippen MR) is 81.6 cm³/mol. The van der Waals surface area contributed by atoms with Crippen LogP contribution in [0.15, 0.2) is 30.5 Å². The first-order chi connectivity index (χ1) is 10.4. The molecule has 0 spiro atoms. The molecular weight excluding hydrogens is 282 g/mol. The van der Waals surface area contributed by atoms with Crippen LogP contribution < -0.4 is 5.32 Å². The monoisotopic (exact) mass is 301 g/mol. The number of nitrogens with one attached hydrogen (secondary N) is 1. The Kier molecular flexibility index (Phi) is 4.60. The van der Waals surface area contributed by atoms with Crippen LogP contribution in [0, 0.1) is 6.92 Å². The molecule has 1 atom stereocenters. The fourth-order valence-electron chi connectivity index (χ4n) is 2.17. The molecule has 2 rings (SSSR count). The van der Waals surface area contributed by atoms with E-state index in [-0.39, 0.29) is 11.9 Å². The van der Waals surface area contributed by atoms with Crippen LogP contribution in [0.1, 0.15) is 44.9 Å². The van der Waals surface area contributed by atoms with Gasteiger partial charge in [-0.1, -0.05) is 0 Å². The Morgan fingerprint density at radius 3 is 2.32 bits per heavy atom. The van der Waals surface area contributed by atoms with Crippen molar-refractivity contribution >= 4 is 11.9 Å². The lowest BCUT2D eigenvalue weighted by atomic mass is 10.1. The average molecular weight is 301 g/mol. The molecule has 1 unspecified atom stereocenters. The zero-order chi connectivity index (χ0) is 16.3. The number of ether oxygens (including phenoxy) is 1. The molecule has 6 heteroatoms. The highest BCUT2D eigenvalue weighted by Crippen LogP contribution is 2.16. The Balaban J connectivity index is 2.09. The van der Waals surface area contributed by atoms with Crippen molar-refractivity contribution in [3.63, 3.8) is 0 Å². The Hall–Kier alpha value is -2.63. The van der Waals surface area contributed by atoms with Gasteiger partial charge in [0.2, 0.25) is 0 Å². The van der Waals surface area contributed by atoms with Crippen molar-refractivity contribution < 1.29 is 14.3 Å². The Labute approximate surface area is 129 Å². The average Bonchev–Trinajstić information content (AvgIpc) is 2.86. The number of rotatable bonds is 4. The third-order valence-corrected chi connectivity index (χ3v) is 3.66. The van der Waals surface area contributed by atoms with E-state index in [1.54, 1.807) is 35.1 Å². The van der Waals surface area contributed by atoms with Gasteiger partial charge in [-0.3, -0.25) is 9.48 Å². The third-order valence-electron chi connectivity index (χ3n) is 3.66. The molecule has 22 heavy (non-hydrogen) atoms. The van der Waals surface area contributed by atoms with Crippen LogP contribution in [-0.2, 0) is 11.8 Å². The molecule has 0 saturated heterocycles. The molecule has 0 aliphatic rings. The number of carbonyl (C=O) groups is 2. The first-order valence-electron chi connectivity index (χ1n) is 6.91. The van der Waals surface area contributed by atoms with E-state index in [0.717, 1.165) is 11.3 Å². The highest BCUT2D eigenvalue weighted by atomic mass is 16.5. The van der Waals surface area contributed by atoms with E-state index < -0.39 is 5.97 Å². The quantitative estimate of drug-likeness (QED) is 0.877. The number of amides is 1. The molecule has 1 heterocycles. The van der Waals surface area contributed by atoms with Gasteiger partial charge in [-0.2, -0.15) is 5.10 Å². The zero-order valence-electron chi connectivity index (χ0n) is 13.1. The van der Waals surface area contributed by atoms with Crippen LogP contribution in [0.3, 0.4) is 0 Å². The van der Waals surface area contributed by atoms with Crippen LogP contribution in [0.25, 0.3) is 0 Å². The van der Waals surface area contributed by atoms with E-state index in [1.807, 2.05) is 20.9 Å². The molecule has 0 radical (unpaired) electrons. The number of aromatic nitrogens is 2. The molecule has 1 N–H and O–H groups in total. The summed E-state index contributed by atoms with van der Waals surface area (Å²) in [6.07, 6.45) is 1.75. The van der Waals surface area contributed by atoms with Crippen LogP contribution >= 0.6 is 0 Å². The first kappa shape index (κ1) is 15.8. The number of methoxy groups -OCH3 is 1. The van der Waals surface area contributed by atoms with Crippen molar-refractivity contribution in [2.45, 2.75) is 19.9 Å². The standard InChI is InChI=1S/C16H19N3O3/c1-10(14-9-17-19(3)11(14)2)18-15(20)12-5-7-13(8-6-12)16(21)22-4/h5-10H,1-4H3,(H,18,20). The van der Waals surface area contributed by atoms with E-state index in [2.05, 4.69) is 15.2 Å². The summed E-state index contributed by atoms with van der Waals surface area (Å²) in [5.41, 5.74) is 2.88. The van der Waals surface area contributed by atoms with Crippen LogP contribution in [0.4, 0.5) is 0 Å². The smallest absolute Gasteiger partial charge is 0.337 e. The molecule has 6 nitrogen and oxygen atoms in total. The van der Waals surface area contributed by atoms with Gasteiger partial charge in [0.15, 0.2) is 0 Å². The summed E-state index contributed by atoms with van der Waals surface area (Å²) in [5.74, 6) is -0.626. The molecule has 116 valence electrons. The Morgan fingerprint density at radius 2 is 1.82 bits per heavy atom. The molecule has 2 aromatic rings. The molecule has 0 saturated carbocycles. The SMILES string of the molecule is COC(=O)c1ccc(C(=O)NC(C)c2cnn(C)c2C)cc1. The van der Waals surface area contributed by atoms with Crippen molar-refractivity contribution in [2.24, 2.45) is 7.05 Å². The summed E-state index contributed by atoms with van der Waals surface area (Å²) in [5, 5.41) is 7.09. The summed E-state index contributed by atoms with van der Waals surface area (Å²) < 4.78 is 6.39. The van der Waals surface area contributed by atoms with Crippen LogP contribution in [-0.4, -0.2) is 28.8 Å². The van der Waals surface area contributed by atoms with E-state index in [9.17, 15) is 9.59 Å². The largest absolute Gasteiger partial charge is 0.465 e. The molecule has 1 aromatic carbocycles. The van der Waals surface area contributed by atoms with Crippen molar-refractivity contribution in [3.8, 4) is 0 Å². The van der Waals surface area contributed by atoms with Gasteiger partial charge in [0.25, 0.3) is 5.91 Å². The van der Waals surface area contributed by atoms with Crippen LogP contribution in [0.2, 0.25) is 0 Å². The minimum Gasteiger partial charge on any atom is -0.465 e. The van der Waals surface area contributed by atoms with Gasteiger partial charge in [-0.05, 0) is 38.1 Å². The fraction of sp³-hybridized carbons (Fsp3) is 0.312. The second-order valence-corrected chi connectivity index (χ2v) is 5.07. The van der Waals surface area contributed by atoms with E-state index in [0.29, 0.717) is 11.1 Å². The molecule has 0 aliphatic carbocycles. The first-order valence-corrected chi connectivity index (χ1v) is 6.91. The van der Waals surface area contributed by atoms with Crippen molar-refractivity contribution in [2.75, 3.05) is 7.11 Å². The topological polar surface area (TPSA) is 73.2 Å². The highest BCUT2D eigenvalue weighted by molar-refractivity contribution is 5.96. The Morgan fingerprint density at radius 1 is 1.23 bits per heavy atom. The number of hydrogen-bond donors (Lipinski definition) is 1. The van der Waals surface area contributed by atoms with Gasteiger partial charge in [0.05, 0.1) is 24.9 Å². The fourth-order valence-corrected chi connectivity index (χ4v) is 2.17. The minimum atomic E-state index is -0.425. The Bertz CT molecular complexity index is 689. The molecular formula is C16H19N3O3. The maximum Gasteiger partial charge on any atom is 0.337 e. The third kappa shape index (κ3) is 3.16. The van der Waals surface area contributed by atoms with Gasteiger partial charge in [-0.25, -0.2) is 4.79 Å². The van der Waals surface area contributed by atoms with Crippen LogP contribution in [0.5, 0.6) is 0 Å². The van der Waals surface area contributed by atoms with Crippen molar-refractivity contribution in [1.29, 1.82) is 0 Å². The number of aryl methyl sites for hydroxylation is 1. The number of carbonyl (C=O) groups excluding carboxylic acids is 2. The lowest BCUT2D eigenvalue weighted by Gasteiger charge is -2.14. The number of hydrogen-bond acceptors (Lipinski definition) is 4. The second-order valence-electron chi connectivity index (χ2n) is 5.07. The molecule has 1 aromatic heterocycles. The molecule has 0 bridgehead atoms. The van der Waals surface area contributed by atoms with Crippen molar-refractivity contribution in [1.82, 2.24) is 15.1 Å². The number of esters is 1. The summed E-state index contributed by atoms with van der Waals surface area (Å²) >= 11 is 0. The van der Waals surface area contributed by atoms with Gasteiger partial charge in [0.1, 0.15) is 0 Å². The zero-order valence-corrected chi connectivity index (χ0v) is 13.1. The second kappa shape index (κ2) is 6.43. The van der Waals surface area contributed by atoms with Gasteiger partial charge < -0.3 is 10.1 Å². The number of nitrogens with zero attached hydrogens (tertiary/aromatic N) is 2. The normalized spacial score (nSPS) is 11.8. The lowest BCUT2D eigenvalue weighted by Crippen LogP contribution is -2.27. The van der Waals surface area contributed by atoms with E-state index >= 15 is 0 Å². The molecule has 0 aliphatic heterocycles. The van der Waals surface area contributed by atoms with E-state index in [4.69, 9.17) is 0 Å². The van der Waals surface area contributed by atoms with Gasteiger partial charge >= 0.3 is 5.97 Å². The summed E-state index contributed by atoms with van der Waals surface area (Å²) in [6, 6.07) is 6.19. The van der Waals surface area contributed by atoms with E-state index in [1.165, 1.54) is 7.11 Å². The molecule has 1 amide bonds. The number of benzene rings is 1.